The number of nitrogens with zero attached hydrogens (tertiary/aromatic N) is 2. The molecule has 4 heteroatoms. The van der Waals surface area contributed by atoms with E-state index in [-0.39, 0.29) is 11.8 Å². The second-order valence-electron chi connectivity index (χ2n) is 8.58. The van der Waals surface area contributed by atoms with Crippen molar-refractivity contribution in [3.8, 4) is 0 Å². The van der Waals surface area contributed by atoms with E-state index in [0.717, 1.165) is 33.4 Å². The third-order valence-electron chi connectivity index (χ3n) is 6.25. The first-order valence-corrected chi connectivity index (χ1v) is 10.8. The third-order valence-corrected chi connectivity index (χ3v) is 6.25. The van der Waals surface area contributed by atoms with Crippen LogP contribution in [0.4, 0.5) is 5.69 Å². The maximum absolute atomic E-state index is 13.7. The summed E-state index contributed by atoms with van der Waals surface area (Å²) in [5.74, 6) is -0.568. The van der Waals surface area contributed by atoms with Gasteiger partial charge in [0.2, 0.25) is 0 Å². The third kappa shape index (κ3) is 3.84. The SMILES string of the molecule is Cc1ccc(C2=C(N(C)Cc3ccccc3)C(=O)N(c3ccc(C)c(C)c3)C2=O)cc1C. The number of carbonyl (C=O) groups excluding carboxylic acids is 2. The number of hydrogen-bond acceptors (Lipinski definition) is 3. The topological polar surface area (TPSA) is 40.6 Å². The van der Waals surface area contributed by atoms with E-state index < -0.39 is 0 Å². The molecule has 4 rings (SSSR count). The lowest BCUT2D eigenvalue weighted by Crippen LogP contribution is -2.34. The Morgan fingerprint density at radius 1 is 0.719 bits per heavy atom. The molecular weight excluding hydrogens is 396 g/mol. The van der Waals surface area contributed by atoms with Gasteiger partial charge in [0, 0.05) is 13.6 Å². The maximum Gasteiger partial charge on any atom is 0.282 e. The van der Waals surface area contributed by atoms with Crippen molar-refractivity contribution >= 4 is 23.1 Å². The lowest BCUT2D eigenvalue weighted by molar-refractivity contribution is -0.120. The monoisotopic (exact) mass is 424 g/mol. The Labute approximate surface area is 189 Å². The zero-order chi connectivity index (χ0) is 23.0. The lowest BCUT2D eigenvalue weighted by atomic mass is 9.99. The van der Waals surface area contributed by atoms with Crippen molar-refractivity contribution in [3.05, 3.63) is 106 Å². The van der Waals surface area contributed by atoms with Crippen molar-refractivity contribution in [2.24, 2.45) is 0 Å². The molecule has 2 amide bonds. The van der Waals surface area contributed by atoms with E-state index >= 15 is 0 Å². The number of amides is 2. The number of aryl methyl sites for hydroxylation is 4. The Balaban J connectivity index is 1.83. The van der Waals surface area contributed by atoms with Gasteiger partial charge in [-0.2, -0.15) is 0 Å². The van der Waals surface area contributed by atoms with Gasteiger partial charge in [-0.3, -0.25) is 9.59 Å². The Hall–Kier alpha value is -3.66. The maximum atomic E-state index is 13.7. The predicted octanol–water partition coefficient (Wildman–Crippen LogP) is 5.34. The predicted molar refractivity (Wildman–Crippen MR) is 129 cm³/mol. The fourth-order valence-electron chi connectivity index (χ4n) is 4.06. The lowest BCUT2D eigenvalue weighted by Gasteiger charge is -2.22. The minimum Gasteiger partial charge on any atom is -0.365 e. The molecule has 0 unspecified atom stereocenters. The van der Waals surface area contributed by atoms with Crippen molar-refractivity contribution < 1.29 is 9.59 Å². The highest BCUT2D eigenvalue weighted by molar-refractivity contribution is 6.45. The van der Waals surface area contributed by atoms with Crippen LogP contribution in [0.5, 0.6) is 0 Å². The number of likely N-dealkylation sites (N-methyl/N-ethyl adjacent to an activating group) is 1. The number of hydrogen-bond donors (Lipinski definition) is 0. The van der Waals surface area contributed by atoms with E-state index in [4.69, 9.17) is 0 Å². The van der Waals surface area contributed by atoms with E-state index in [0.29, 0.717) is 23.5 Å². The van der Waals surface area contributed by atoms with Crippen LogP contribution in [0.1, 0.15) is 33.4 Å². The summed E-state index contributed by atoms with van der Waals surface area (Å²) < 4.78 is 0. The number of carbonyl (C=O) groups is 2. The molecule has 0 atom stereocenters. The number of imide groups is 1. The first-order valence-electron chi connectivity index (χ1n) is 10.8. The average Bonchev–Trinajstić information content (AvgIpc) is 3.03. The molecule has 162 valence electrons. The quantitative estimate of drug-likeness (QED) is 0.519. The van der Waals surface area contributed by atoms with Gasteiger partial charge in [0.25, 0.3) is 11.8 Å². The van der Waals surface area contributed by atoms with Crippen LogP contribution in [-0.4, -0.2) is 23.8 Å². The minimum atomic E-state index is -0.287. The van der Waals surface area contributed by atoms with Crippen molar-refractivity contribution in [2.75, 3.05) is 11.9 Å². The molecule has 0 aliphatic carbocycles. The molecule has 1 heterocycles. The van der Waals surface area contributed by atoms with Crippen LogP contribution >= 0.6 is 0 Å². The summed E-state index contributed by atoms with van der Waals surface area (Å²) >= 11 is 0. The van der Waals surface area contributed by atoms with Crippen LogP contribution in [-0.2, 0) is 16.1 Å². The molecule has 0 bridgehead atoms. The van der Waals surface area contributed by atoms with Crippen molar-refractivity contribution in [1.82, 2.24) is 4.90 Å². The molecule has 0 spiro atoms. The number of rotatable bonds is 5. The summed E-state index contributed by atoms with van der Waals surface area (Å²) in [6, 6.07) is 21.6. The summed E-state index contributed by atoms with van der Waals surface area (Å²) in [6.07, 6.45) is 0. The smallest absolute Gasteiger partial charge is 0.282 e. The standard InChI is InChI=1S/C28H28N2O2/c1-18-11-13-23(15-20(18)3)25-26(29(5)17-22-9-7-6-8-10-22)28(32)30(27(25)31)24-14-12-19(2)21(4)16-24/h6-16H,17H2,1-5H3. The molecule has 0 N–H and O–H groups in total. The summed E-state index contributed by atoms with van der Waals surface area (Å²) in [5.41, 5.74) is 7.74. The van der Waals surface area contributed by atoms with E-state index in [9.17, 15) is 9.59 Å². The van der Waals surface area contributed by atoms with Crippen LogP contribution < -0.4 is 4.90 Å². The summed E-state index contributed by atoms with van der Waals surface area (Å²) in [5, 5.41) is 0. The van der Waals surface area contributed by atoms with Gasteiger partial charge in [0.05, 0.1) is 11.3 Å². The summed E-state index contributed by atoms with van der Waals surface area (Å²) in [6.45, 7) is 8.60. The van der Waals surface area contributed by atoms with Gasteiger partial charge in [-0.05, 0) is 73.2 Å². The van der Waals surface area contributed by atoms with Gasteiger partial charge in [-0.15, -0.1) is 0 Å². The minimum absolute atomic E-state index is 0.281. The fourth-order valence-corrected chi connectivity index (χ4v) is 4.06. The Bertz CT molecular complexity index is 1240. The molecular formula is C28H28N2O2. The van der Waals surface area contributed by atoms with E-state index in [1.807, 2.05) is 106 Å². The normalized spacial score (nSPS) is 13.8. The van der Waals surface area contributed by atoms with Gasteiger partial charge in [0.15, 0.2) is 0 Å². The van der Waals surface area contributed by atoms with Crippen LogP contribution in [0.3, 0.4) is 0 Å². The van der Waals surface area contributed by atoms with Gasteiger partial charge < -0.3 is 4.90 Å². The molecule has 1 aliphatic heterocycles. The molecule has 32 heavy (non-hydrogen) atoms. The van der Waals surface area contributed by atoms with Crippen LogP contribution in [0, 0.1) is 27.7 Å². The van der Waals surface area contributed by atoms with E-state index in [2.05, 4.69) is 0 Å². The zero-order valence-electron chi connectivity index (χ0n) is 19.3. The van der Waals surface area contributed by atoms with Gasteiger partial charge >= 0.3 is 0 Å². The number of benzene rings is 3. The van der Waals surface area contributed by atoms with Crippen LogP contribution in [0.15, 0.2) is 72.4 Å². The van der Waals surface area contributed by atoms with E-state index in [1.165, 1.54) is 4.90 Å². The molecule has 3 aromatic rings. The molecule has 4 nitrogen and oxygen atoms in total. The van der Waals surface area contributed by atoms with Gasteiger partial charge in [-0.1, -0.05) is 54.6 Å². The first kappa shape index (κ1) is 21.6. The molecule has 0 saturated carbocycles. The summed E-state index contributed by atoms with van der Waals surface area (Å²) in [7, 11) is 1.87. The van der Waals surface area contributed by atoms with Crippen molar-refractivity contribution in [3.63, 3.8) is 0 Å². The Morgan fingerprint density at radius 2 is 1.34 bits per heavy atom. The first-order chi connectivity index (χ1) is 15.3. The van der Waals surface area contributed by atoms with Gasteiger partial charge in [-0.25, -0.2) is 4.90 Å². The Morgan fingerprint density at radius 3 is 1.97 bits per heavy atom. The molecule has 0 radical (unpaired) electrons. The second-order valence-corrected chi connectivity index (χ2v) is 8.58. The zero-order valence-corrected chi connectivity index (χ0v) is 19.3. The highest BCUT2D eigenvalue weighted by atomic mass is 16.2. The van der Waals surface area contributed by atoms with Crippen molar-refractivity contribution in [2.45, 2.75) is 34.2 Å². The molecule has 0 fully saturated rings. The average molecular weight is 425 g/mol. The highest BCUT2D eigenvalue weighted by Crippen LogP contribution is 2.36. The molecule has 3 aromatic carbocycles. The molecule has 1 aliphatic rings. The Kier molecular flexibility index (Phi) is 5.70. The molecule has 0 saturated heterocycles. The molecule has 0 aromatic heterocycles. The van der Waals surface area contributed by atoms with Crippen LogP contribution in [0.25, 0.3) is 5.57 Å². The largest absolute Gasteiger partial charge is 0.365 e. The summed E-state index contributed by atoms with van der Waals surface area (Å²) in [4.78, 5) is 30.6. The van der Waals surface area contributed by atoms with Gasteiger partial charge in [0.1, 0.15) is 5.70 Å². The van der Waals surface area contributed by atoms with Crippen LogP contribution in [0.2, 0.25) is 0 Å². The highest BCUT2D eigenvalue weighted by Gasteiger charge is 2.41. The van der Waals surface area contributed by atoms with E-state index in [1.54, 1.807) is 0 Å². The number of anilines is 1. The van der Waals surface area contributed by atoms with Crippen molar-refractivity contribution in [1.29, 1.82) is 0 Å². The fraction of sp³-hybridized carbons (Fsp3) is 0.214. The second kappa shape index (κ2) is 8.46.